The number of primary amides is 1. The molecule has 1 aliphatic rings. The van der Waals surface area contributed by atoms with E-state index in [9.17, 15) is 9.18 Å². The van der Waals surface area contributed by atoms with E-state index in [2.05, 4.69) is 0 Å². The Labute approximate surface area is 99.4 Å². The van der Waals surface area contributed by atoms with Gasteiger partial charge in [0.25, 0.3) is 0 Å². The van der Waals surface area contributed by atoms with Crippen molar-refractivity contribution in [1.29, 1.82) is 0 Å². The first kappa shape index (κ1) is 11.9. The van der Waals surface area contributed by atoms with Crippen molar-refractivity contribution < 1.29 is 9.18 Å². The lowest BCUT2D eigenvalue weighted by atomic mass is 10.1. The standard InChI is InChI=1S/C12H16FN3O/c1-7-5-16(6-10(7)14)11-3-2-8(12(15)17)4-9(11)13/h2-4,7,10H,5-6,14H2,1H3,(H2,15,17). The Kier molecular flexibility index (Phi) is 3.02. The molecule has 1 saturated heterocycles. The molecule has 0 radical (unpaired) electrons. The molecule has 2 rings (SSSR count). The second-order valence-electron chi connectivity index (χ2n) is 4.58. The normalized spacial score (nSPS) is 24.1. The summed E-state index contributed by atoms with van der Waals surface area (Å²) >= 11 is 0. The maximum atomic E-state index is 13.8. The summed E-state index contributed by atoms with van der Waals surface area (Å²) in [6.07, 6.45) is 0. The molecule has 1 aromatic carbocycles. The second-order valence-corrected chi connectivity index (χ2v) is 4.58. The summed E-state index contributed by atoms with van der Waals surface area (Å²) in [5, 5.41) is 0. The molecule has 0 bridgehead atoms. The number of hydrogen-bond donors (Lipinski definition) is 2. The number of benzene rings is 1. The highest BCUT2D eigenvalue weighted by atomic mass is 19.1. The van der Waals surface area contributed by atoms with Gasteiger partial charge in [0, 0.05) is 24.7 Å². The van der Waals surface area contributed by atoms with Crippen molar-refractivity contribution in [3.8, 4) is 0 Å². The van der Waals surface area contributed by atoms with Crippen LogP contribution in [-0.2, 0) is 0 Å². The van der Waals surface area contributed by atoms with E-state index >= 15 is 0 Å². The summed E-state index contributed by atoms with van der Waals surface area (Å²) in [6.45, 7) is 3.41. The van der Waals surface area contributed by atoms with Crippen LogP contribution >= 0.6 is 0 Å². The predicted octanol–water partition coefficient (Wildman–Crippen LogP) is 0.708. The van der Waals surface area contributed by atoms with Crippen LogP contribution < -0.4 is 16.4 Å². The summed E-state index contributed by atoms with van der Waals surface area (Å²) in [6, 6.07) is 4.35. The fourth-order valence-corrected chi connectivity index (χ4v) is 2.11. The first-order chi connectivity index (χ1) is 7.99. The average Bonchev–Trinajstić information content (AvgIpc) is 2.58. The van der Waals surface area contributed by atoms with E-state index < -0.39 is 11.7 Å². The number of anilines is 1. The van der Waals surface area contributed by atoms with Gasteiger partial charge < -0.3 is 16.4 Å². The average molecular weight is 237 g/mol. The quantitative estimate of drug-likeness (QED) is 0.795. The van der Waals surface area contributed by atoms with Crippen LogP contribution in [0.2, 0.25) is 0 Å². The van der Waals surface area contributed by atoms with E-state index in [1.165, 1.54) is 12.1 Å². The van der Waals surface area contributed by atoms with Crippen molar-refractivity contribution in [3.05, 3.63) is 29.6 Å². The molecule has 1 heterocycles. The van der Waals surface area contributed by atoms with Gasteiger partial charge in [-0.1, -0.05) is 6.92 Å². The lowest BCUT2D eigenvalue weighted by molar-refractivity contribution is 0.1000. The molecule has 1 aromatic rings. The molecule has 0 aliphatic carbocycles. The molecule has 92 valence electrons. The number of nitrogens with two attached hydrogens (primary N) is 2. The monoisotopic (exact) mass is 237 g/mol. The van der Waals surface area contributed by atoms with Gasteiger partial charge in [0.1, 0.15) is 5.82 Å². The Morgan fingerprint density at radius 1 is 1.47 bits per heavy atom. The van der Waals surface area contributed by atoms with Gasteiger partial charge in [-0.15, -0.1) is 0 Å². The highest BCUT2D eigenvalue weighted by Gasteiger charge is 2.28. The molecule has 1 amide bonds. The van der Waals surface area contributed by atoms with Gasteiger partial charge in [0.2, 0.25) is 5.91 Å². The van der Waals surface area contributed by atoms with Crippen molar-refractivity contribution in [2.24, 2.45) is 17.4 Å². The predicted molar refractivity (Wildman–Crippen MR) is 64.3 cm³/mol. The van der Waals surface area contributed by atoms with Crippen molar-refractivity contribution in [1.82, 2.24) is 0 Å². The molecule has 2 atom stereocenters. The fraction of sp³-hybridized carbons (Fsp3) is 0.417. The van der Waals surface area contributed by atoms with Gasteiger partial charge in [0.05, 0.1) is 5.69 Å². The first-order valence-corrected chi connectivity index (χ1v) is 5.59. The zero-order valence-electron chi connectivity index (χ0n) is 9.69. The smallest absolute Gasteiger partial charge is 0.248 e. The van der Waals surface area contributed by atoms with E-state index in [1.807, 2.05) is 11.8 Å². The van der Waals surface area contributed by atoms with Crippen molar-refractivity contribution in [2.75, 3.05) is 18.0 Å². The van der Waals surface area contributed by atoms with Crippen LogP contribution in [0.25, 0.3) is 0 Å². The Morgan fingerprint density at radius 3 is 2.65 bits per heavy atom. The van der Waals surface area contributed by atoms with Crippen molar-refractivity contribution in [3.63, 3.8) is 0 Å². The molecular formula is C12H16FN3O. The van der Waals surface area contributed by atoms with E-state index in [0.717, 1.165) is 6.54 Å². The molecule has 4 N–H and O–H groups in total. The molecule has 1 aliphatic heterocycles. The highest BCUT2D eigenvalue weighted by molar-refractivity contribution is 5.93. The molecule has 0 aromatic heterocycles. The SMILES string of the molecule is CC1CN(c2ccc(C(N)=O)cc2F)CC1N. The lowest BCUT2D eigenvalue weighted by Crippen LogP contribution is -2.28. The van der Waals surface area contributed by atoms with E-state index in [4.69, 9.17) is 11.5 Å². The molecule has 4 nitrogen and oxygen atoms in total. The van der Waals surface area contributed by atoms with Gasteiger partial charge in [-0.3, -0.25) is 4.79 Å². The number of rotatable bonds is 2. The lowest BCUT2D eigenvalue weighted by Gasteiger charge is -2.19. The van der Waals surface area contributed by atoms with Crippen LogP contribution in [0.3, 0.4) is 0 Å². The molecule has 0 spiro atoms. The number of amides is 1. The van der Waals surface area contributed by atoms with Gasteiger partial charge in [-0.25, -0.2) is 4.39 Å². The minimum absolute atomic E-state index is 0.0604. The zero-order valence-corrected chi connectivity index (χ0v) is 9.69. The summed E-state index contributed by atoms with van der Waals surface area (Å²) in [5.74, 6) is -0.713. The van der Waals surface area contributed by atoms with Gasteiger partial charge >= 0.3 is 0 Å². The molecule has 1 fully saturated rings. The fourth-order valence-electron chi connectivity index (χ4n) is 2.11. The minimum Gasteiger partial charge on any atom is -0.367 e. The topological polar surface area (TPSA) is 72.3 Å². The van der Waals surface area contributed by atoms with Gasteiger partial charge in [0.15, 0.2) is 0 Å². The van der Waals surface area contributed by atoms with Gasteiger partial charge in [-0.05, 0) is 24.1 Å². The van der Waals surface area contributed by atoms with Crippen LogP contribution in [0.4, 0.5) is 10.1 Å². The van der Waals surface area contributed by atoms with Crippen LogP contribution in [0.15, 0.2) is 18.2 Å². The Morgan fingerprint density at radius 2 is 2.18 bits per heavy atom. The van der Waals surface area contributed by atoms with Crippen LogP contribution in [-0.4, -0.2) is 25.0 Å². The first-order valence-electron chi connectivity index (χ1n) is 5.59. The van der Waals surface area contributed by atoms with Gasteiger partial charge in [-0.2, -0.15) is 0 Å². The Hall–Kier alpha value is -1.62. The third kappa shape index (κ3) is 2.24. The zero-order chi connectivity index (χ0) is 12.6. The van der Waals surface area contributed by atoms with E-state index in [1.54, 1.807) is 6.07 Å². The van der Waals surface area contributed by atoms with E-state index in [-0.39, 0.29) is 11.6 Å². The number of carbonyl (C=O) groups excluding carboxylic acids is 1. The summed E-state index contributed by atoms with van der Waals surface area (Å²) in [5.41, 5.74) is 11.7. The maximum Gasteiger partial charge on any atom is 0.248 e. The Balaban J connectivity index is 2.26. The van der Waals surface area contributed by atoms with Crippen LogP contribution in [0.1, 0.15) is 17.3 Å². The molecule has 5 heteroatoms. The Bertz CT molecular complexity index is 439. The number of nitrogens with zero attached hydrogens (tertiary/aromatic N) is 1. The van der Waals surface area contributed by atoms with Crippen molar-refractivity contribution in [2.45, 2.75) is 13.0 Å². The third-order valence-corrected chi connectivity index (χ3v) is 3.24. The molecule has 2 unspecified atom stereocenters. The molecular weight excluding hydrogens is 221 g/mol. The van der Waals surface area contributed by atoms with Crippen LogP contribution in [0.5, 0.6) is 0 Å². The summed E-state index contributed by atoms with van der Waals surface area (Å²) < 4.78 is 13.8. The number of halogens is 1. The molecule has 17 heavy (non-hydrogen) atoms. The highest BCUT2D eigenvalue weighted by Crippen LogP contribution is 2.26. The third-order valence-electron chi connectivity index (χ3n) is 3.24. The number of carbonyl (C=O) groups is 1. The summed E-state index contributed by atoms with van der Waals surface area (Å²) in [7, 11) is 0. The largest absolute Gasteiger partial charge is 0.367 e. The van der Waals surface area contributed by atoms with E-state index in [0.29, 0.717) is 18.2 Å². The van der Waals surface area contributed by atoms with Crippen molar-refractivity contribution >= 4 is 11.6 Å². The number of hydrogen-bond acceptors (Lipinski definition) is 3. The van der Waals surface area contributed by atoms with Crippen LogP contribution in [0, 0.1) is 11.7 Å². The molecule has 0 saturated carbocycles. The summed E-state index contributed by atoms with van der Waals surface area (Å²) in [4.78, 5) is 12.8. The second kappa shape index (κ2) is 4.33. The maximum absolute atomic E-state index is 13.8. The minimum atomic E-state index is -0.623.